The maximum Gasteiger partial charge on any atom is 0.252 e. The van der Waals surface area contributed by atoms with Crippen molar-refractivity contribution >= 4 is 37.3 Å². The number of piperazine rings is 1. The van der Waals surface area contributed by atoms with Gasteiger partial charge in [-0.05, 0) is 40.2 Å². The summed E-state index contributed by atoms with van der Waals surface area (Å²) in [5, 5.41) is 0. The van der Waals surface area contributed by atoms with E-state index in [-0.39, 0.29) is 11.6 Å². The quantitative estimate of drug-likeness (QED) is 0.681. The van der Waals surface area contributed by atoms with Gasteiger partial charge in [-0.1, -0.05) is 12.1 Å². The molecule has 0 amide bonds. The van der Waals surface area contributed by atoms with Crippen LogP contribution in [0.2, 0.25) is 0 Å². The van der Waals surface area contributed by atoms with Gasteiger partial charge in [-0.15, -0.1) is 11.3 Å². The fraction of sp³-hybridized carbons (Fsp3) is 0.375. The summed E-state index contributed by atoms with van der Waals surface area (Å²) in [6, 6.07) is 9.67. The van der Waals surface area contributed by atoms with E-state index in [1.807, 2.05) is 0 Å². The first-order chi connectivity index (χ1) is 12.0. The third-order valence-electron chi connectivity index (χ3n) is 3.98. The number of benzene rings is 1. The highest BCUT2D eigenvalue weighted by molar-refractivity contribution is 9.11. The third kappa shape index (κ3) is 4.59. The highest BCUT2D eigenvalue weighted by atomic mass is 79.9. The zero-order valence-corrected chi connectivity index (χ0v) is 16.6. The van der Waals surface area contributed by atoms with Crippen molar-refractivity contribution in [1.82, 2.24) is 9.21 Å². The number of hydrogen-bond donors (Lipinski definition) is 0. The lowest BCUT2D eigenvalue weighted by Gasteiger charge is -2.33. The van der Waals surface area contributed by atoms with Crippen LogP contribution in [0.15, 0.2) is 44.4 Å². The minimum Gasteiger partial charge on any atom is -0.489 e. The SMILES string of the molecule is O=S(=O)(c1ccc(Br)s1)N1CCN(CCOc2ccccc2F)CC1. The van der Waals surface area contributed by atoms with E-state index in [0.717, 1.165) is 3.79 Å². The molecule has 0 aliphatic carbocycles. The molecule has 1 aliphatic rings. The van der Waals surface area contributed by atoms with Gasteiger partial charge in [0.15, 0.2) is 11.6 Å². The normalized spacial score (nSPS) is 16.9. The number of para-hydroxylation sites is 1. The molecule has 1 aliphatic heterocycles. The van der Waals surface area contributed by atoms with Crippen LogP contribution in [0.3, 0.4) is 0 Å². The molecule has 0 spiro atoms. The van der Waals surface area contributed by atoms with Crippen molar-refractivity contribution in [2.75, 3.05) is 39.3 Å². The van der Waals surface area contributed by atoms with Crippen molar-refractivity contribution in [3.05, 3.63) is 46.0 Å². The molecule has 5 nitrogen and oxygen atoms in total. The minimum absolute atomic E-state index is 0.243. The van der Waals surface area contributed by atoms with Crippen LogP contribution in [0.1, 0.15) is 0 Å². The van der Waals surface area contributed by atoms with Gasteiger partial charge >= 0.3 is 0 Å². The van der Waals surface area contributed by atoms with Gasteiger partial charge in [0.1, 0.15) is 10.8 Å². The number of hydrogen-bond acceptors (Lipinski definition) is 5. The van der Waals surface area contributed by atoms with E-state index < -0.39 is 10.0 Å². The van der Waals surface area contributed by atoms with Gasteiger partial charge in [0.25, 0.3) is 10.0 Å². The van der Waals surface area contributed by atoms with Crippen LogP contribution in [0, 0.1) is 5.82 Å². The van der Waals surface area contributed by atoms with E-state index in [1.165, 1.54) is 21.7 Å². The zero-order valence-electron chi connectivity index (χ0n) is 13.4. The highest BCUT2D eigenvalue weighted by Crippen LogP contribution is 2.28. The summed E-state index contributed by atoms with van der Waals surface area (Å²) in [7, 11) is -3.42. The smallest absolute Gasteiger partial charge is 0.252 e. The van der Waals surface area contributed by atoms with Crippen LogP contribution in [0.4, 0.5) is 4.39 Å². The van der Waals surface area contributed by atoms with Crippen molar-refractivity contribution < 1.29 is 17.5 Å². The molecule has 0 N–H and O–H groups in total. The molecule has 1 aromatic carbocycles. The van der Waals surface area contributed by atoms with E-state index >= 15 is 0 Å². The van der Waals surface area contributed by atoms with E-state index in [4.69, 9.17) is 4.74 Å². The Morgan fingerprint density at radius 1 is 1.12 bits per heavy atom. The standard InChI is InChI=1S/C16H18BrFN2O3S2/c17-15-5-6-16(24-15)25(21,22)20-9-7-19(8-10-20)11-12-23-14-4-2-1-3-13(14)18/h1-6H,7-12H2. The van der Waals surface area contributed by atoms with E-state index in [2.05, 4.69) is 20.8 Å². The number of thiophene rings is 1. The van der Waals surface area contributed by atoms with Crippen molar-refractivity contribution in [2.24, 2.45) is 0 Å². The van der Waals surface area contributed by atoms with Crippen LogP contribution in [0.5, 0.6) is 5.75 Å². The number of halogens is 2. The average Bonchev–Trinajstić information content (AvgIpc) is 3.04. The van der Waals surface area contributed by atoms with Gasteiger partial charge in [0.05, 0.1) is 3.79 Å². The molecular weight excluding hydrogens is 431 g/mol. The molecule has 0 atom stereocenters. The van der Waals surface area contributed by atoms with Gasteiger partial charge in [0, 0.05) is 32.7 Å². The molecule has 1 saturated heterocycles. The first kappa shape index (κ1) is 18.8. The predicted octanol–water partition coefficient (Wildman–Crippen LogP) is 3.04. The third-order valence-corrected chi connectivity index (χ3v) is 7.97. The van der Waals surface area contributed by atoms with Crippen LogP contribution in [-0.4, -0.2) is 57.0 Å². The summed E-state index contributed by atoms with van der Waals surface area (Å²) < 4.78 is 46.8. The summed E-state index contributed by atoms with van der Waals surface area (Å²) in [5.74, 6) is -0.132. The summed E-state index contributed by atoms with van der Waals surface area (Å²) in [6.07, 6.45) is 0. The van der Waals surface area contributed by atoms with Crippen molar-refractivity contribution in [1.29, 1.82) is 0 Å². The van der Waals surface area contributed by atoms with Crippen molar-refractivity contribution in [3.8, 4) is 5.75 Å². The Morgan fingerprint density at radius 2 is 1.84 bits per heavy atom. The van der Waals surface area contributed by atoms with E-state index in [9.17, 15) is 12.8 Å². The summed E-state index contributed by atoms with van der Waals surface area (Å²) in [5.41, 5.74) is 0. The van der Waals surface area contributed by atoms with Crippen LogP contribution >= 0.6 is 27.3 Å². The van der Waals surface area contributed by atoms with Gasteiger partial charge in [-0.3, -0.25) is 4.90 Å². The molecule has 0 saturated carbocycles. The summed E-state index contributed by atoms with van der Waals surface area (Å²) in [4.78, 5) is 2.12. The topological polar surface area (TPSA) is 49.9 Å². The van der Waals surface area contributed by atoms with Crippen LogP contribution in [0.25, 0.3) is 0 Å². The first-order valence-corrected chi connectivity index (χ1v) is 10.9. The Hall–Kier alpha value is -1.00. The van der Waals surface area contributed by atoms with Crippen LogP contribution in [-0.2, 0) is 10.0 Å². The zero-order chi connectivity index (χ0) is 17.9. The monoisotopic (exact) mass is 448 g/mol. The lowest BCUT2D eigenvalue weighted by atomic mass is 10.3. The Bertz CT molecular complexity index is 820. The predicted molar refractivity (Wildman–Crippen MR) is 99.1 cm³/mol. The van der Waals surface area contributed by atoms with Gasteiger partial charge in [0.2, 0.25) is 0 Å². The Kier molecular flexibility index (Phi) is 6.11. The molecule has 2 heterocycles. The second-order valence-electron chi connectivity index (χ2n) is 5.58. The second-order valence-corrected chi connectivity index (χ2v) is 10.2. The molecule has 25 heavy (non-hydrogen) atoms. The van der Waals surface area contributed by atoms with E-state index in [1.54, 1.807) is 30.3 Å². The lowest BCUT2D eigenvalue weighted by Crippen LogP contribution is -2.49. The van der Waals surface area contributed by atoms with Crippen molar-refractivity contribution in [3.63, 3.8) is 0 Å². The van der Waals surface area contributed by atoms with Gasteiger partial charge in [-0.2, -0.15) is 4.31 Å². The van der Waals surface area contributed by atoms with Gasteiger partial charge in [-0.25, -0.2) is 12.8 Å². The molecule has 9 heteroatoms. The van der Waals surface area contributed by atoms with Crippen LogP contribution < -0.4 is 4.74 Å². The molecular formula is C16H18BrFN2O3S2. The number of rotatable bonds is 6. The molecule has 3 rings (SSSR count). The summed E-state index contributed by atoms with van der Waals surface area (Å²) >= 11 is 4.52. The Morgan fingerprint density at radius 3 is 2.48 bits per heavy atom. The Balaban J connectivity index is 1.48. The number of nitrogens with zero attached hydrogens (tertiary/aromatic N) is 2. The fourth-order valence-electron chi connectivity index (χ4n) is 2.60. The van der Waals surface area contributed by atoms with E-state index in [0.29, 0.717) is 43.5 Å². The molecule has 0 radical (unpaired) electrons. The number of sulfonamides is 1. The second kappa shape index (κ2) is 8.13. The van der Waals surface area contributed by atoms with Gasteiger partial charge < -0.3 is 4.74 Å². The molecule has 136 valence electrons. The molecule has 1 fully saturated rings. The molecule has 1 aromatic heterocycles. The highest BCUT2D eigenvalue weighted by Gasteiger charge is 2.29. The maximum absolute atomic E-state index is 13.5. The fourth-order valence-corrected chi connectivity index (χ4v) is 6.19. The Labute approximate surface area is 159 Å². The number of ether oxygens (including phenoxy) is 1. The maximum atomic E-state index is 13.5. The van der Waals surface area contributed by atoms with Crippen molar-refractivity contribution in [2.45, 2.75) is 4.21 Å². The lowest BCUT2D eigenvalue weighted by molar-refractivity contribution is 0.157. The molecule has 0 bridgehead atoms. The minimum atomic E-state index is -3.42. The first-order valence-electron chi connectivity index (χ1n) is 7.82. The largest absolute Gasteiger partial charge is 0.489 e. The average molecular weight is 449 g/mol. The molecule has 2 aromatic rings. The summed E-state index contributed by atoms with van der Waals surface area (Å²) in [6.45, 7) is 3.15. The molecule has 0 unspecified atom stereocenters.